The maximum atomic E-state index is 3.35. The fourth-order valence-corrected chi connectivity index (χ4v) is 2.62. The van der Waals surface area contributed by atoms with Gasteiger partial charge in [0.25, 0.3) is 0 Å². The number of benzene rings is 1. The van der Waals surface area contributed by atoms with Crippen LogP contribution in [0.25, 0.3) is 0 Å². The molecular formula is C7H7NSe. The molecule has 0 saturated heterocycles. The molecule has 0 spiro atoms. The van der Waals surface area contributed by atoms with Crippen molar-refractivity contribution in [3.63, 3.8) is 0 Å². The predicted octanol–water partition coefficient (Wildman–Crippen LogP) is 0.0343. The zero-order chi connectivity index (χ0) is 6.10. The number of hydrogen-bond donors (Lipinski definition) is 1. The fourth-order valence-electron chi connectivity index (χ4n) is 0.941. The number of rotatable bonds is 0. The molecular weight excluding hydrogens is 177 g/mol. The van der Waals surface area contributed by atoms with E-state index >= 15 is 0 Å². The Morgan fingerprint density at radius 2 is 2.22 bits per heavy atom. The molecule has 0 saturated carbocycles. The summed E-state index contributed by atoms with van der Waals surface area (Å²) >= 11 is 0.552. The first-order chi connectivity index (χ1) is 4.47. The van der Waals surface area contributed by atoms with E-state index in [1.165, 1.54) is 10.0 Å². The summed E-state index contributed by atoms with van der Waals surface area (Å²) in [7, 11) is 0. The molecule has 9 heavy (non-hydrogen) atoms. The molecule has 1 N–H and O–H groups in total. The molecule has 1 aromatic carbocycles. The summed E-state index contributed by atoms with van der Waals surface area (Å²) in [4.78, 5) is 0. The standard InChI is InChI=1S/C7H7NSe/c1-2-4-7-6(3-1)5-8-9-7/h1-4,8H,5H2. The van der Waals surface area contributed by atoms with E-state index in [9.17, 15) is 0 Å². The van der Waals surface area contributed by atoms with Gasteiger partial charge in [-0.3, -0.25) is 0 Å². The van der Waals surface area contributed by atoms with Crippen molar-refractivity contribution < 1.29 is 0 Å². The number of hydrogen-bond acceptors (Lipinski definition) is 1. The van der Waals surface area contributed by atoms with Gasteiger partial charge in [0.15, 0.2) is 0 Å². The van der Waals surface area contributed by atoms with Crippen LogP contribution in [0.4, 0.5) is 0 Å². The first-order valence-electron chi connectivity index (χ1n) is 2.94. The molecule has 1 aromatic rings. The third-order valence-electron chi connectivity index (χ3n) is 1.42. The SMILES string of the molecule is c1ccc2c(c1)CN[Se]2. The quantitative estimate of drug-likeness (QED) is 0.561. The summed E-state index contributed by atoms with van der Waals surface area (Å²) < 4.78 is 4.87. The van der Waals surface area contributed by atoms with Crippen LogP contribution in [0, 0.1) is 0 Å². The Kier molecular flexibility index (Phi) is 1.31. The van der Waals surface area contributed by atoms with Crippen LogP contribution in [0.2, 0.25) is 0 Å². The maximum absolute atomic E-state index is 3.35. The van der Waals surface area contributed by atoms with E-state index in [-0.39, 0.29) is 0 Å². The van der Waals surface area contributed by atoms with Crippen molar-refractivity contribution in [1.29, 1.82) is 0 Å². The Labute approximate surface area is 60.8 Å². The molecule has 1 aliphatic rings. The summed E-state index contributed by atoms with van der Waals surface area (Å²) in [6.45, 7) is 1.08. The van der Waals surface area contributed by atoms with E-state index in [0.717, 1.165) is 6.54 Å². The van der Waals surface area contributed by atoms with Gasteiger partial charge in [0.1, 0.15) is 0 Å². The molecule has 1 nitrogen and oxygen atoms in total. The van der Waals surface area contributed by atoms with E-state index in [0.29, 0.717) is 15.2 Å². The van der Waals surface area contributed by atoms with E-state index in [2.05, 4.69) is 28.6 Å². The molecule has 0 amide bonds. The minimum absolute atomic E-state index is 0.552. The van der Waals surface area contributed by atoms with Crippen LogP contribution in [-0.2, 0) is 6.54 Å². The van der Waals surface area contributed by atoms with Crippen LogP contribution in [-0.4, -0.2) is 15.2 Å². The summed E-state index contributed by atoms with van der Waals surface area (Å²) in [5.41, 5.74) is 1.48. The molecule has 0 bridgehead atoms. The van der Waals surface area contributed by atoms with E-state index in [1.807, 2.05) is 0 Å². The van der Waals surface area contributed by atoms with Gasteiger partial charge in [-0.25, -0.2) is 0 Å². The van der Waals surface area contributed by atoms with Gasteiger partial charge < -0.3 is 0 Å². The van der Waals surface area contributed by atoms with Crippen LogP contribution in [0.1, 0.15) is 5.56 Å². The predicted molar refractivity (Wildman–Crippen MR) is 38.7 cm³/mol. The van der Waals surface area contributed by atoms with Crippen LogP contribution >= 0.6 is 0 Å². The number of nitrogens with one attached hydrogen (secondary N) is 1. The zero-order valence-corrected chi connectivity index (χ0v) is 6.64. The molecule has 2 heteroatoms. The summed E-state index contributed by atoms with van der Waals surface area (Å²) in [6, 6.07) is 8.60. The Bertz CT molecular complexity index is 199. The number of fused-ring (bicyclic) bond motifs is 1. The van der Waals surface area contributed by atoms with Gasteiger partial charge in [-0.2, -0.15) is 0 Å². The molecule has 0 unspecified atom stereocenters. The van der Waals surface area contributed by atoms with Crippen molar-refractivity contribution in [3.05, 3.63) is 29.8 Å². The molecule has 46 valence electrons. The topological polar surface area (TPSA) is 12.0 Å². The fraction of sp³-hybridized carbons (Fsp3) is 0.143. The first kappa shape index (κ1) is 5.48. The summed E-state index contributed by atoms with van der Waals surface area (Å²) in [6.07, 6.45) is 0. The molecule has 2 rings (SSSR count). The Morgan fingerprint density at radius 3 is 3.11 bits per heavy atom. The molecule has 0 aromatic heterocycles. The normalized spacial score (nSPS) is 15.6. The molecule has 0 atom stereocenters. The van der Waals surface area contributed by atoms with E-state index in [1.54, 1.807) is 0 Å². The molecule has 0 radical (unpaired) electrons. The van der Waals surface area contributed by atoms with Crippen molar-refractivity contribution in [2.45, 2.75) is 6.54 Å². The van der Waals surface area contributed by atoms with Crippen molar-refractivity contribution in [3.8, 4) is 0 Å². The Morgan fingerprint density at radius 1 is 1.33 bits per heavy atom. The monoisotopic (exact) mass is 185 g/mol. The minimum atomic E-state index is 0.552. The second kappa shape index (κ2) is 2.14. The third kappa shape index (κ3) is 0.897. The third-order valence-corrected chi connectivity index (χ3v) is 3.32. The van der Waals surface area contributed by atoms with Crippen LogP contribution in [0.15, 0.2) is 24.3 Å². The average Bonchev–Trinajstić information content (AvgIpc) is 2.33. The van der Waals surface area contributed by atoms with Gasteiger partial charge in [-0.15, -0.1) is 0 Å². The van der Waals surface area contributed by atoms with Crippen LogP contribution in [0.3, 0.4) is 0 Å². The Hall–Kier alpha value is -0.301. The van der Waals surface area contributed by atoms with Gasteiger partial charge in [-0.1, -0.05) is 0 Å². The summed E-state index contributed by atoms with van der Waals surface area (Å²) in [5, 5.41) is 0. The molecule has 0 aliphatic carbocycles. The van der Waals surface area contributed by atoms with Gasteiger partial charge in [0.2, 0.25) is 0 Å². The van der Waals surface area contributed by atoms with Gasteiger partial charge in [0, 0.05) is 0 Å². The van der Waals surface area contributed by atoms with Crippen LogP contribution in [0.5, 0.6) is 0 Å². The van der Waals surface area contributed by atoms with E-state index in [4.69, 9.17) is 0 Å². The second-order valence-corrected chi connectivity index (χ2v) is 3.99. The van der Waals surface area contributed by atoms with Gasteiger partial charge >= 0.3 is 60.3 Å². The van der Waals surface area contributed by atoms with Crippen molar-refractivity contribution >= 4 is 19.6 Å². The Balaban J connectivity index is 2.54. The molecule has 1 aliphatic heterocycles. The van der Waals surface area contributed by atoms with Gasteiger partial charge in [0.05, 0.1) is 0 Å². The van der Waals surface area contributed by atoms with Gasteiger partial charge in [-0.05, 0) is 0 Å². The molecule has 0 fully saturated rings. The second-order valence-electron chi connectivity index (χ2n) is 2.03. The zero-order valence-electron chi connectivity index (χ0n) is 4.92. The first-order valence-corrected chi connectivity index (χ1v) is 4.66. The van der Waals surface area contributed by atoms with Crippen molar-refractivity contribution in [1.82, 2.24) is 4.33 Å². The van der Waals surface area contributed by atoms with Crippen molar-refractivity contribution in [2.75, 3.05) is 0 Å². The van der Waals surface area contributed by atoms with Crippen molar-refractivity contribution in [2.24, 2.45) is 0 Å². The van der Waals surface area contributed by atoms with E-state index < -0.39 is 0 Å². The van der Waals surface area contributed by atoms with Crippen LogP contribution < -0.4 is 8.79 Å². The molecule has 1 heterocycles. The summed E-state index contributed by atoms with van der Waals surface area (Å²) in [5.74, 6) is 0. The average molecular weight is 184 g/mol.